The van der Waals surface area contributed by atoms with Crippen molar-refractivity contribution in [3.63, 3.8) is 0 Å². The standard InChI is InChI=1S/C22H23F2N4O3P.C20H17ClF2N4O2.C2H4/c1-32(2,30)19-8-18(25-13-26-19)31-12-21-9-22(10-21,11-21)20(29)28-17(3-4-27-28)14-5-15(23)7-16(24)6-14;21-16-6-17(25-11-24-16)29-10-19-7-20(8-19,9-19)18(28)27-15(1-2-26-27)12-3-13(22)5-14(23)4-12;1-2/h4-8,13,17H,3,9-12H2,1-2H3;2-6,11,15H,1,7-10H2;1-2H2. The lowest BCUT2D eigenvalue weighted by molar-refractivity contribution is -0.227. The van der Waals surface area contributed by atoms with Crippen LogP contribution < -0.4 is 14.9 Å². The molecule has 12 rings (SSSR count). The molecule has 2 aromatic carbocycles. The van der Waals surface area contributed by atoms with Crippen LogP contribution in [0.5, 0.6) is 11.8 Å². The molecule has 4 heterocycles. The van der Waals surface area contributed by atoms with E-state index in [1.54, 1.807) is 37.9 Å². The Morgan fingerprint density at radius 1 is 0.667 bits per heavy atom. The molecule has 0 saturated heterocycles. The summed E-state index contributed by atoms with van der Waals surface area (Å²) >= 11 is 5.83. The van der Waals surface area contributed by atoms with Gasteiger partial charge in [-0.1, -0.05) is 11.6 Å². The zero-order valence-corrected chi connectivity index (χ0v) is 36.2. The third-order valence-electron chi connectivity index (χ3n) is 12.6. The van der Waals surface area contributed by atoms with E-state index in [-0.39, 0.29) is 22.6 Å². The van der Waals surface area contributed by atoms with Crippen LogP contribution in [0.1, 0.15) is 74.6 Å². The summed E-state index contributed by atoms with van der Waals surface area (Å²) in [6.45, 7) is 10.2. The number of aromatic nitrogens is 4. The monoisotopic (exact) mass is 906 g/mol. The second-order valence-corrected chi connectivity index (χ2v) is 21.3. The van der Waals surface area contributed by atoms with E-state index < -0.39 is 53.3 Å². The van der Waals surface area contributed by atoms with Crippen LogP contribution >= 0.6 is 18.7 Å². The third-order valence-corrected chi connectivity index (χ3v) is 14.2. The Balaban J connectivity index is 0.000000167. The first-order chi connectivity index (χ1) is 30.0. The van der Waals surface area contributed by atoms with Gasteiger partial charge in [-0.2, -0.15) is 10.2 Å². The van der Waals surface area contributed by atoms with Crippen LogP contribution in [-0.2, 0) is 14.2 Å². The van der Waals surface area contributed by atoms with Gasteiger partial charge in [0.25, 0.3) is 0 Å². The van der Waals surface area contributed by atoms with E-state index in [2.05, 4.69) is 43.3 Å². The largest absolute Gasteiger partial charge is 0.477 e. The Bertz CT molecular complexity index is 2500. The van der Waals surface area contributed by atoms with Crippen LogP contribution in [0.3, 0.4) is 0 Å². The van der Waals surface area contributed by atoms with Crippen LogP contribution in [0, 0.1) is 44.9 Å². The molecule has 330 valence electrons. The Kier molecular flexibility index (Phi) is 11.6. The molecular formula is C44H44ClF4N8O5P. The highest BCUT2D eigenvalue weighted by atomic mass is 35.5. The van der Waals surface area contributed by atoms with Gasteiger partial charge in [0.05, 0.1) is 36.1 Å². The summed E-state index contributed by atoms with van der Waals surface area (Å²) in [6.07, 6.45) is 10.9. The molecule has 6 fully saturated rings. The zero-order valence-electron chi connectivity index (χ0n) is 34.5. The summed E-state index contributed by atoms with van der Waals surface area (Å²) in [5, 5.41) is 11.5. The van der Waals surface area contributed by atoms with Crippen molar-refractivity contribution >= 4 is 48.4 Å². The lowest BCUT2D eigenvalue weighted by atomic mass is 9.35. The number of amides is 2. The quantitative estimate of drug-likeness (QED) is 0.0627. The number of benzene rings is 2. The van der Waals surface area contributed by atoms with Gasteiger partial charge in [-0.25, -0.2) is 47.5 Å². The summed E-state index contributed by atoms with van der Waals surface area (Å²) in [5.41, 5.74) is 0.204. The highest BCUT2D eigenvalue weighted by molar-refractivity contribution is 7.69. The van der Waals surface area contributed by atoms with Crippen LogP contribution in [0.15, 0.2) is 84.5 Å². The lowest BCUT2D eigenvalue weighted by Gasteiger charge is -2.69. The van der Waals surface area contributed by atoms with Crippen molar-refractivity contribution in [1.82, 2.24) is 30.0 Å². The van der Waals surface area contributed by atoms with Crippen LogP contribution in [0.4, 0.5) is 17.6 Å². The van der Waals surface area contributed by atoms with E-state index in [9.17, 15) is 31.7 Å². The van der Waals surface area contributed by atoms with Gasteiger partial charge in [0.15, 0.2) is 0 Å². The summed E-state index contributed by atoms with van der Waals surface area (Å²) in [4.78, 5) is 42.4. The molecular weight excluding hydrogens is 863 g/mol. The second-order valence-electron chi connectivity index (χ2n) is 17.7. The van der Waals surface area contributed by atoms with Gasteiger partial charge in [0.2, 0.25) is 23.6 Å². The fourth-order valence-electron chi connectivity index (χ4n) is 10.1. The SMILES string of the molecule is C=C.CP(C)(=O)c1cc(OCC23CC(C(=O)N4N=CCC4c4cc(F)cc(F)c4)(C2)C3)ncn1.O=C(N1N=CCC1c1cc(F)cc(F)c1)C12CC(COc3cc(Cl)ncn3)(C1)C2. The third kappa shape index (κ3) is 8.49. The number of halogens is 5. The minimum Gasteiger partial charge on any atom is -0.477 e. The maximum absolute atomic E-state index is 13.7. The van der Waals surface area contributed by atoms with Gasteiger partial charge in [0, 0.05) is 60.4 Å². The van der Waals surface area contributed by atoms with Crippen molar-refractivity contribution in [3.05, 3.63) is 114 Å². The van der Waals surface area contributed by atoms with Crippen LogP contribution in [0.2, 0.25) is 5.15 Å². The Labute approximate surface area is 366 Å². The highest BCUT2D eigenvalue weighted by Crippen LogP contribution is 2.75. The molecule has 2 aromatic heterocycles. The number of carbonyl (C=O) groups excluding carboxylic acids is 2. The predicted octanol–water partition coefficient (Wildman–Crippen LogP) is 8.23. The average Bonchev–Trinajstić information content (AvgIpc) is 3.87. The van der Waals surface area contributed by atoms with Crippen molar-refractivity contribution in [2.75, 3.05) is 26.5 Å². The van der Waals surface area contributed by atoms with Crippen LogP contribution in [0.25, 0.3) is 0 Å². The van der Waals surface area contributed by atoms with E-state index in [0.29, 0.717) is 98.1 Å². The van der Waals surface area contributed by atoms with Crippen molar-refractivity contribution in [3.8, 4) is 11.8 Å². The molecule has 2 aliphatic heterocycles. The van der Waals surface area contributed by atoms with E-state index in [1.807, 2.05) is 0 Å². The molecule has 2 unspecified atom stereocenters. The number of hydrazone groups is 2. The fraction of sp³-hybridized carbons (Fsp3) is 0.409. The normalized spacial score (nSPS) is 27.9. The number of carbonyl (C=O) groups is 2. The highest BCUT2D eigenvalue weighted by Gasteiger charge is 2.74. The number of hydrogen-bond acceptors (Lipinski definition) is 11. The van der Waals surface area contributed by atoms with Crippen molar-refractivity contribution in [1.29, 1.82) is 0 Å². The van der Waals surface area contributed by atoms with Gasteiger partial charge in [-0.05, 0) is 87.2 Å². The van der Waals surface area contributed by atoms with Crippen molar-refractivity contribution < 1.29 is 41.2 Å². The molecule has 6 saturated carbocycles. The molecule has 8 aliphatic rings. The Morgan fingerprint density at radius 2 is 1.06 bits per heavy atom. The molecule has 0 N–H and O–H groups in total. The zero-order chi connectivity index (χ0) is 45.0. The smallest absolute Gasteiger partial charge is 0.249 e. The van der Waals surface area contributed by atoms with E-state index in [1.165, 1.54) is 46.9 Å². The molecule has 19 heteroatoms. The maximum atomic E-state index is 13.7. The first-order valence-electron chi connectivity index (χ1n) is 20.2. The summed E-state index contributed by atoms with van der Waals surface area (Å²) in [5.74, 6) is -2.07. The van der Waals surface area contributed by atoms with Gasteiger partial charge in [-0.15, -0.1) is 13.2 Å². The first kappa shape index (κ1) is 44.1. The molecule has 0 radical (unpaired) electrons. The fourth-order valence-corrected chi connectivity index (χ4v) is 11.0. The first-order valence-corrected chi connectivity index (χ1v) is 23.2. The van der Waals surface area contributed by atoms with E-state index in [0.717, 1.165) is 12.1 Å². The molecule has 6 aliphatic carbocycles. The predicted molar refractivity (Wildman–Crippen MR) is 226 cm³/mol. The molecule has 0 spiro atoms. The van der Waals surface area contributed by atoms with Crippen molar-refractivity contribution in [2.45, 2.75) is 63.5 Å². The minimum atomic E-state index is -2.51. The Morgan fingerprint density at radius 3 is 1.46 bits per heavy atom. The molecule has 2 atom stereocenters. The van der Waals surface area contributed by atoms with Crippen LogP contribution in [-0.4, -0.2) is 80.7 Å². The molecule has 13 nitrogen and oxygen atoms in total. The second kappa shape index (κ2) is 16.5. The van der Waals surface area contributed by atoms with Crippen molar-refractivity contribution in [2.24, 2.45) is 31.9 Å². The summed E-state index contributed by atoms with van der Waals surface area (Å²) in [6, 6.07) is 8.84. The number of nitrogens with zero attached hydrogens (tertiary/aromatic N) is 8. The van der Waals surface area contributed by atoms with Gasteiger partial charge in [-0.3, -0.25) is 9.59 Å². The van der Waals surface area contributed by atoms with Gasteiger partial charge in [0.1, 0.15) is 53.7 Å². The summed E-state index contributed by atoms with van der Waals surface area (Å²) < 4.78 is 78.4. The Hall–Kier alpha value is -5.54. The van der Waals surface area contributed by atoms with E-state index >= 15 is 0 Å². The lowest BCUT2D eigenvalue weighted by Crippen LogP contribution is -2.69. The van der Waals surface area contributed by atoms with E-state index in [4.69, 9.17) is 21.1 Å². The molecule has 4 bridgehead atoms. The van der Waals surface area contributed by atoms with Gasteiger partial charge < -0.3 is 14.0 Å². The maximum Gasteiger partial charge on any atom is 0.249 e. The molecule has 2 amide bonds. The number of ether oxygens (including phenoxy) is 2. The number of rotatable bonds is 11. The molecule has 63 heavy (non-hydrogen) atoms. The van der Waals surface area contributed by atoms with Gasteiger partial charge >= 0.3 is 0 Å². The molecule has 4 aromatic rings. The average molecular weight is 907 g/mol. The number of hydrogen-bond donors (Lipinski definition) is 0. The summed E-state index contributed by atoms with van der Waals surface area (Å²) in [7, 11) is -2.51. The topological polar surface area (TPSA) is 152 Å². The minimum absolute atomic E-state index is 0.0447.